The monoisotopic (exact) mass is 254 g/mol. The quantitative estimate of drug-likeness (QED) is 0.479. The predicted octanol–water partition coefficient (Wildman–Crippen LogP) is 2.57. The highest BCUT2D eigenvalue weighted by Crippen LogP contribution is 2.17. The fourth-order valence-electron chi connectivity index (χ4n) is 1.19. The summed E-state index contributed by atoms with van der Waals surface area (Å²) in [7, 11) is 0. The summed E-state index contributed by atoms with van der Waals surface area (Å²) in [4.78, 5) is 1.31. The number of rotatable bonds is 5. The number of hydrogen-bond donors (Lipinski definition) is 2. The van der Waals surface area contributed by atoms with E-state index in [1.54, 1.807) is 0 Å². The van der Waals surface area contributed by atoms with E-state index in [1.807, 2.05) is 18.7 Å². The zero-order chi connectivity index (χ0) is 11.8. The van der Waals surface area contributed by atoms with Crippen molar-refractivity contribution >= 4 is 29.1 Å². The van der Waals surface area contributed by atoms with Crippen LogP contribution < -0.4 is 10.6 Å². The summed E-state index contributed by atoms with van der Waals surface area (Å²) in [5.74, 6) is 1.02. The van der Waals surface area contributed by atoms with Crippen LogP contribution in [0.1, 0.15) is 12.5 Å². The maximum atomic E-state index is 5.07. The van der Waals surface area contributed by atoms with Gasteiger partial charge in [0.05, 0.1) is 0 Å². The molecule has 0 unspecified atom stereocenters. The van der Waals surface area contributed by atoms with Gasteiger partial charge in [0.25, 0.3) is 0 Å². The van der Waals surface area contributed by atoms with Crippen LogP contribution in [-0.2, 0) is 0 Å². The molecule has 0 aliphatic rings. The standard InChI is InChI=1S/C12H18N2S2/c1-3-13-12(15)14-8-9-16-11-6-4-10(2)5-7-11/h4-7H,3,8-9H2,1-2H3,(H2,13,14,15). The summed E-state index contributed by atoms with van der Waals surface area (Å²) < 4.78 is 0. The van der Waals surface area contributed by atoms with Gasteiger partial charge in [-0.15, -0.1) is 11.8 Å². The number of thioether (sulfide) groups is 1. The van der Waals surface area contributed by atoms with Crippen LogP contribution >= 0.6 is 24.0 Å². The number of thiocarbonyl (C=S) groups is 1. The lowest BCUT2D eigenvalue weighted by Gasteiger charge is -2.08. The minimum atomic E-state index is 0.743. The molecule has 0 bridgehead atoms. The first-order valence-electron chi connectivity index (χ1n) is 5.43. The molecule has 0 aliphatic carbocycles. The van der Waals surface area contributed by atoms with Crippen LogP contribution in [0.3, 0.4) is 0 Å². The second-order valence-electron chi connectivity index (χ2n) is 3.45. The fourth-order valence-corrected chi connectivity index (χ4v) is 2.21. The fraction of sp³-hybridized carbons (Fsp3) is 0.417. The Labute approximate surface area is 107 Å². The molecule has 0 aliphatic heterocycles. The van der Waals surface area contributed by atoms with Gasteiger partial charge in [0.1, 0.15) is 0 Å². The molecule has 0 fully saturated rings. The van der Waals surface area contributed by atoms with E-state index in [0.717, 1.165) is 24.0 Å². The van der Waals surface area contributed by atoms with Gasteiger partial charge in [-0.3, -0.25) is 0 Å². The normalized spacial score (nSPS) is 9.88. The first-order chi connectivity index (χ1) is 7.72. The minimum absolute atomic E-state index is 0.743. The zero-order valence-corrected chi connectivity index (χ0v) is 11.4. The second-order valence-corrected chi connectivity index (χ2v) is 5.02. The van der Waals surface area contributed by atoms with Gasteiger partial charge in [0.2, 0.25) is 0 Å². The lowest BCUT2D eigenvalue weighted by Crippen LogP contribution is -2.36. The minimum Gasteiger partial charge on any atom is -0.363 e. The van der Waals surface area contributed by atoms with Crippen molar-refractivity contribution in [1.29, 1.82) is 0 Å². The van der Waals surface area contributed by atoms with Crippen molar-refractivity contribution in [2.24, 2.45) is 0 Å². The predicted molar refractivity (Wildman–Crippen MR) is 76.2 cm³/mol. The van der Waals surface area contributed by atoms with E-state index in [9.17, 15) is 0 Å². The van der Waals surface area contributed by atoms with Gasteiger partial charge in [0, 0.05) is 23.7 Å². The molecule has 0 atom stereocenters. The highest BCUT2D eigenvalue weighted by molar-refractivity contribution is 7.99. The summed E-state index contributed by atoms with van der Waals surface area (Å²) in [5, 5.41) is 6.97. The Morgan fingerprint density at radius 2 is 1.94 bits per heavy atom. The number of hydrogen-bond acceptors (Lipinski definition) is 2. The van der Waals surface area contributed by atoms with Gasteiger partial charge < -0.3 is 10.6 Å². The highest BCUT2D eigenvalue weighted by Gasteiger charge is 1.95. The van der Waals surface area contributed by atoms with Crippen molar-refractivity contribution in [3.8, 4) is 0 Å². The molecule has 1 aromatic carbocycles. The number of aryl methyl sites for hydroxylation is 1. The number of nitrogens with one attached hydrogen (secondary N) is 2. The van der Waals surface area contributed by atoms with E-state index >= 15 is 0 Å². The average Bonchev–Trinajstić information content (AvgIpc) is 2.27. The first kappa shape index (κ1) is 13.3. The van der Waals surface area contributed by atoms with Crippen molar-refractivity contribution in [1.82, 2.24) is 10.6 Å². The molecule has 1 rings (SSSR count). The molecule has 0 heterocycles. The molecule has 88 valence electrons. The third-order valence-corrected chi connectivity index (χ3v) is 3.32. The van der Waals surface area contributed by atoms with Crippen LogP contribution in [0.15, 0.2) is 29.2 Å². The molecule has 4 heteroatoms. The topological polar surface area (TPSA) is 24.1 Å². The Hall–Kier alpha value is -0.740. The van der Waals surface area contributed by atoms with Crippen LogP contribution in [0.25, 0.3) is 0 Å². The van der Waals surface area contributed by atoms with E-state index in [1.165, 1.54) is 10.5 Å². The van der Waals surface area contributed by atoms with Gasteiger partial charge in [-0.1, -0.05) is 17.7 Å². The molecule has 1 aromatic rings. The van der Waals surface area contributed by atoms with E-state index in [4.69, 9.17) is 12.2 Å². The molecule has 2 N–H and O–H groups in total. The van der Waals surface area contributed by atoms with Crippen molar-refractivity contribution in [3.05, 3.63) is 29.8 Å². The highest BCUT2D eigenvalue weighted by atomic mass is 32.2. The van der Waals surface area contributed by atoms with Crippen molar-refractivity contribution in [2.45, 2.75) is 18.7 Å². The average molecular weight is 254 g/mol. The van der Waals surface area contributed by atoms with Gasteiger partial charge >= 0.3 is 0 Å². The lowest BCUT2D eigenvalue weighted by molar-refractivity contribution is 0.887. The van der Waals surface area contributed by atoms with Crippen molar-refractivity contribution in [3.63, 3.8) is 0 Å². The van der Waals surface area contributed by atoms with E-state index in [-0.39, 0.29) is 0 Å². The zero-order valence-electron chi connectivity index (χ0n) is 9.75. The molecule has 0 spiro atoms. The summed E-state index contributed by atoms with van der Waals surface area (Å²) in [6.07, 6.45) is 0. The Balaban J connectivity index is 2.16. The largest absolute Gasteiger partial charge is 0.363 e. The Morgan fingerprint density at radius 3 is 2.56 bits per heavy atom. The van der Waals surface area contributed by atoms with Gasteiger partial charge in [-0.2, -0.15) is 0 Å². The molecule has 16 heavy (non-hydrogen) atoms. The SMILES string of the molecule is CCNC(=S)NCCSc1ccc(C)cc1. The van der Waals surface area contributed by atoms with Crippen LogP contribution in [-0.4, -0.2) is 24.0 Å². The molecular formula is C12H18N2S2. The first-order valence-corrected chi connectivity index (χ1v) is 6.83. The molecule has 0 aromatic heterocycles. The molecule has 0 radical (unpaired) electrons. The summed E-state index contributed by atoms with van der Waals surface area (Å²) in [6, 6.07) is 8.59. The van der Waals surface area contributed by atoms with E-state index < -0.39 is 0 Å². The Morgan fingerprint density at radius 1 is 1.25 bits per heavy atom. The van der Waals surface area contributed by atoms with Crippen LogP contribution in [0.5, 0.6) is 0 Å². The van der Waals surface area contributed by atoms with Crippen molar-refractivity contribution in [2.75, 3.05) is 18.8 Å². The van der Waals surface area contributed by atoms with Crippen LogP contribution in [0, 0.1) is 6.92 Å². The van der Waals surface area contributed by atoms with Crippen molar-refractivity contribution < 1.29 is 0 Å². The molecule has 0 amide bonds. The molecular weight excluding hydrogens is 236 g/mol. The Kier molecular flexibility index (Phi) is 6.26. The maximum Gasteiger partial charge on any atom is 0.166 e. The molecule has 0 saturated carbocycles. The smallest absolute Gasteiger partial charge is 0.166 e. The second kappa shape index (κ2) is 7.52. The summed E-state index contributed by atoms with van der Waals surface area (Å²) in [5.41, 5.74) is 1.30. The lowest BCUT2D eigenvalue weighted by atomic mass is 10.2. The van der Waals surface area contributed by atoms with Crippen LogP contribution in [0.4, 0.5) is 0 Å². The van der Waals surface area contributed by atoms with Gasteiger partial charge in [-0.25, -0.2) is 0 Å². The van der Waals surface area contributed by atoms with Crippen LogP contribution in [0.2, 0.25) is 0 Å². The van der Waals surface area contributed by atoms with E-state index in [0.29, 0.717) is 0 Å². The Bertz CT molecular complexity index is 322. The summed E-state index contributed by atoms with van der Waals surface area (Å²) in [6.45, 7) is 5.90. The molecule has 0 saturated heterocycles. The summed E-state index contributed by atoms with van der Waals surface area (Å²) >= 11 is 6.91. The van der Waals surface area contributed by atoms with Gasteiger partial charge in [-0.05, 0) is 38.2 Å². The third kappa shape index (κ3) is 5.37. The maximum absolute atomic E-state index is 5.07. The van der Waals surface area contributed by atoms with E-state index in [2.05, 4.69) is 41.8 Å². The number of benzene rings is 1. The van der Waals surface area contributed by atoms with Gasteiger partial charge in [0.15, 0.2) is 5.11 Å². The molecule has 2 nitrogen and oxygen atoms in total. The third-order valence-electron chi connectivity index (χ3n) is 2.01.